The predicted molar refractivity (Wildman–Crippen MR) is 85.4 cm³/mol. The van der Waals surface area contributed by atoms with Crippen LogP contribution in [0.5, 0.6) is 5.75 Å². The summed E-state index contributed by atoms with van der Waals surface area (Å²) in [5.41, 5.74) is 0.631. The highest BCUT2D eigenvalue weighted by Crippen LogP contribution is 2.24. The minimum atomic E-state index is -3.08. The maximum absolute atomic E-state index is 12.4. The molecule has 128 valence electrons. The Morgan fingerprint density at radius 1 is 1.38 bits per heavy atom. The summed E-state index contributed by atoms with van der Waals surface area (Å²) in [6.07, 6.45) is 0.418. The van der Waals surface area contributed by atoms with Crippen molar-refractivity contribution in [1.82, 2.24) is 15.1 Å². The zero-order chi connectivity index (χ0) is 17.3. The second kappa shape index (κ2) is 6.23. The van der Waals surface area contributed by atoms with E-state index in [2.05, 4.69) is 10.2 Å². The average Bonchev–Trinajstić information content (AvgIpc) is 3.20. The summed E-state index contributed by atoms with van der Waals surface area (Å²) in [5.74, 6) is 0.232. The Morgan fingerprint density at radius 2 is 2.17 bits per heavy atom. The van der Waals surface area contributed by atoms with E-state index in [1.54, 1.807) is 38.4 Å². The van der Waals surface area contributed by atoms with Crippen LogP contribution in [0.1, 0.15) is 17.1 Å². The molecule has 2 aromatic rings. The lowest BCUT2D eigenvalue weighted by atomic mass is 10.2. The number of benzene rings is 1. The summed E-state index contributed by atoms with van der Waals surface area (Å²) in [4.78, 5) is 13.8. The molecule has 0 radical (unpaired) electrons. The first kappa shape index (κ1) is 16.4. The number of sulfone groups is 1. The molecule has 1 aromatic heterocycles. The van der Waals surface area contributed by atoms with Crippen LogP contribution in [0.2, 0.25) is 0 Å². The van der Waals surface area contributed by atoms with Gasteiger partial charge in [0.1, 0.15) is 5.75 Å². The van der Waals surface area contributed by atoms with E-state index in [9.17, 15) is 13.2 Å². The van der Waals surface area contributed by atoms with Crippen LogP contribution in [0.3, 0.4) is 0 Å². The van der Waals surface area contributed by atoms with Crippen LogP contribution in [-0.4, -0.2) is 61.1 Å². The molecule has 0 bridgehead atoms. The molecule has 1 atom stereocenters. The summed E-state index contributed by atoms with van der Waals surface area (Å²) in [6, 6.07) is 6.66. The Morgan fingerprint density at radius 3 is 2.83 bits per heavy atom. The SMILES string of the molecule is COc1cccc(-c2nnc(C(=O)N(C)C3CCS(=O)(=O)C3)o2)c1. The molecule has 1 aromatic carbocycles. The smallest absolute Gasteiger partial charge is 0.311 e. The summed E-state index contributed by atoms with van der Waals surface area (Å²) in [5, 5.41) is 7.66. The van der Waals surface area contributed by atoms with Gasteiger partial charge in [0.2, 0.25) is 5.89 Å². The van der Waals surface area contributed by atoms with E-state index in [-0.39, 0.29) is 29.3 Å². The molecule has 1 aliphatic heterocycles. The van der Waals surface area contributed by atoms with Crippen molar-refractivity contribution < 1.29 is 22.4 Å². The Labute approximate surface area is 139 Å². The molecule has 0 aliphatic carbocycles. The first-order valence-electron chi connectivity index (χ1n) is 7.35. The van der Waals surface area contributed by atoms with Crippen LogP contribution in [0.4, 0.5) is 0 Å². The van der Waals surface area contributed by atoms with E-state index in [1.807, 2.05) is 0 Å². The van der Waals surface area contributed by atoms with Gasteiger partial charge in [-0.15, -0.1) is 10.2 Å². The quantitative estimate of drug-likeness (QED) is 0.809. The van der Waals surface area contributed by atoms with E-state index in [0.29, 0.717) is 17.7 Å². The van der Waals surface area contributed by atoms with Gasteiger partial charge in [-0.1, -0.05) is 6.07 Å². The van der Waals surface area contributed by atoms with E-state index >= 15 is 0 Å². The van der Waals surface area contributed by atoms with Gasteiger partial charge >= 0.3 is 11.8 Å². The monoisotopic (exact) mass is 351 g/mol. The lowest BCUT2D eigenvalue weighted by molar-refractivity contribution is 0.0708. The first-order chi connectivity index (χ1) is 11.4. The van der Waals surface area contributed by atoms with Gasteiger partial charge in [0, 0.05) is 18.7 Å². The van der Waals surface area contributed by atoms with Crippen molar-refractivity contribution in [3.63, 3.8) is 0 Å². The molecule has 24 heavy (non-hydrogen) atoms. The van der Waals surface area contributed by atoms with Gasteiger partial charge in [0.25, 0.3) is 0 Å². The van der Waals surface area contributed by atoms with E-state index in [1.165, 1.54) is 4.90 Å². The van der Waals surface area contributed by atoms with Crippen LogP contribution in [0.25, 0.3) is 11.5 Å². The Hall–Kier alpha value is -2.42. The van der Waals surface area contributed by atoms with Gasteiger partial charge in [-0.3, -0.25) is 4.79 Å². The van der Waals surface area contributed by atoms with Crippen LogP contribution in [-0.2, 0) is 9.84 Å². The second-order valence-electron chi connectivity index (χ2n) is 5.62. The number of aromatic nitrogens is 2. The molecule has 3 rings (SSSR count). The third-order valence-electron chi connectivity index (χ3n) is 4.00. The third kappa shape index (κ3) is 3.25. The lowest BCUT2D eigenvalue weighted by Crippen LogP contribution is -2.38. The van der Waals surface area contributed by atoms with Gasteiger partial charge < -0.3 is 14.1 Å². The molecule has 1 saturated heterocycles. The van der Waals surface area contributed by atoms with Gasteiger partial charge in [0.15, 0.2) is 9.84 Å². The Balaban J connectivity index is 1.78. The van der Waals surface area contributed by atoms with Crippen LogP contribution in [0.15, 0.2) is 28.7 Å². The summed E-state index contributed by atoms with van der Waals surface area (Å²) < 4.78 is 33.7. The van der Waals surface area contributed by atoms with Crippen molar-refractivity contribution in [2.75, 3.05) is 25.7 Å². The number of carbonyl (C=O) groups is 1. The predicted octanol–water partition coefficient (Wildman–Crippen LogP) is 1.00. The molecule has 2 heterocycles. The van der Waals surface area contributed by atoms with Gasteiger partial charge in [0.05, 0.1) is 18.6 Å². The molecule has 1 unspecified atom stereocenters. The molecular formula is C15H17N3O5S. The number of ether oxygens (including phenoxy) is 1. The van der Waals surface area contributed by atoms with Crippen molar-refractivity contribution in [1.29, 1.82) is 0 Å². The van der Waals surface area contributed by atoms with Gasteiger partial charge in [-0.25, -0.2) is 8.42 Å². The van der Waals surface area contributed by atoms with Crippen molar-refractivity contribution in [3.8, 4) is 17.2 Å². The maximum atomic E-state index is 12.4. The van der Waals surface area contributed by atoms with Crippen molar-refractivity contribution in [2.24, 2.45) is 0 Å². The number of carbonyl (C=O) groups excluding carboxylic acids is 1. The zero-order valence-corrected chi connectivity index (χ0v) is 14.1. The fourth-order valence-corrected chi connectivity index (χ4v) is 4.35. The zero-order valence-electron chi connectivity index (χ0n) is 13.3. The molecule has 1 aliphatic rings. The molecule has 0 N–H and O–H groups in total. The minimum Gasteiger partial charge on any atom is -0.497 e. The summed E-state index contributed by atoms with van der Waals surface area (Å²) in [6.45, 7) is 0. The van der Waals surface area contributed by atoms with E-state index < -0.39 is 15.7 Å². The van der Waals surface area contributed by atoms with Crippen molar-refractivity contribution in [3.05, 3.63) is 30.2 Å². The highest BCUT2D eigenvalue weighted by Gasteiger charge is 2.34. The molecule has 1 fully saturated rings. The molecule has 0 spiro atoms. The van der Waals surface area contributed by atoms with Crippen molar-refractivity contribution >= 4 is 15.7 Å². The number of amides is 1. The Bertz CT molecular complexity index is 861. The summed E-state index contributed by atoms with van der Waals surface area (Å²) >= 11 is 0. The fraction of sp³-hybridized carbons (Fsp3) is 0.400. The number of methoxy groups -OCH3 is 1. The topological polar surface area (TPSA) is 103 Å². The molecular weight excluding hydrogens is 334 g/mol. The van der Waals surface area contributed by atoms with Gasteiger partial charge in [-0.05, 0) is 24.6 Å². The second-order valence-corrected chi connectivity index (χ2v) is 7.85. The fourth-order valence-electron chi connectivity index (χ4n) is 2.58. The summed E-state index contributed by atoms with van der Waals surface area (Å²) in [7, 11) is 0.0169. The Kier molecular flexibility index (Phi) is 4.27. The minimum absolute atomic E-state index is 0.0356. The van der Waals surface area contributed by atoms with E-state index in [4.69, 9.17) is 9.15 Å². The van der Waals surface area contributed by atoms with Crippen LogP contribution < -0.4 is 4.74 Å². The maximum Gasteiger partial charge on any atom is 0.311 e. The highest BCUT2D eigenvalue weighted by molar-refractivity contribution is 7.91. The average molecular weight is 351 g/mol. The standard InChI is InChI=1S/C15H17N3O5S/c1-18(11-6-7-24(20,21)9-11)15(19)14-17-16-13(23-14)10-4-3-5-12(8-10)22-2/h3-5,8,11H,6-7,9H2,1-2H3. The van der Waals surface area contributed by atoms with E-state index in [0.717, 1.165) is 0 Å². The largest absolute Gasteiger partial charge is 0.497 e. The first-order valence-corrected chi connectivity index (χ1v) is 9.17. The molecule has 9 heteroatoms. The normalized spacial score (nSPS) is 19.2. The lowest BCUT2D eigenvalue weighted by Gasteiger charge is -2.21. The third-order valence-corrected chi connectivity index (χ3v) is 5.75. The van der Waals surface area contributed by atoms with Crippen molar-refractivity contribution in [2.45, 2.75) is 12.5 Å². The molecule has 0 saturated carbocycles. The number of hydrogen-bond acceptors (Lipinski definition) is 7. The molecule has 8 nitrogen and oxygen atoms in total. The van der Waals surface area contributed by atoms with Crippen LogP contribution >= 0.6 is 0 Å². The number of rotatable bonds is 4. The molecule has 1 amide bonds. The number of nitrogens with zero attached hydrogens (tertiary/aromatic N) is 3. The van der Waals surface area contributed by atoms with Crippen LogP contribution in [0, 0.1) is 0 Å². The van der Waals surface area contributed by atoms with Gasteiger partial charge in [-0.2, -0.15) is 0 Å². The number of hydrogen-bond donors (Lipinski definition) is 0. The highest BCUT2D eigenvalue weighted by atomic mass is 32.2.